The van der Waals surface area contributed by atoms with Crippen LogP contribution in [0.1, 0.15) is 111 Å². The zero-order valence-electron chi connectivity index (χ0n) is 18.3. The summed E-state index contributed by atoms with van der Waals surface area (Å²) in [5, 5.41) is 9.41. The zero-order valence-corrected chi connectivity index (χ0v) is 19.8. The van der Waals surface area contributed by atoms with E-state index in [2.05, 4.69) is 31.5 Å². The molecular formula is C22H45ClO3S. The lowest BCUT2D eigenvalue weighted by molar-refractivity contribution is 0.126. The van der Waals surface area contributed by atoms with Gasteiger partial charge in [-0.15, -0.1) is 0 Å². The lowest BCUT2D eigenvalue weighted by atomic mass is 9.83. The van der Waals surface area contributed by atoms with Crippen molar-refractivity contribution in [1.82, 2.24) is 0 Å². The second kappa shape index (κ2) is 16.0. The van der Waals surface area contributed by atoms with Crippen LogP contribution in [-0.4, -0.2) is 25.9 Å². The largest absolute Gasteiger partial charge is 0.393 e. The number of hydrogen-bond acceptors (Lipinski definition) is 3. The Morgan fingerprint density at radius 1 is 0.852 bits per heavy atom. The molecule has 0 aromatic heterocycles. The van der Waals surface area contributed by atoms with Gasteiger partial charge >= 0.3 is 0 Å². The van der Waals surface area contributed by atoms with E-state index in [1.165, 1.54) is 77.0 Å². The molecule has 0 radical (unpaired) electrons. The molecule has 0 heterocycles. The highest BCUT2D eigenvalue weighted by atomic mass is 35.7. The second-order valence-electron chi connectivity index (χ2n) is 8.74. The van der Waals surface area contributed by atoms with Gasteiger partial charge in [0.2, 0.25) is 9.05 Å². The molecule has 2 atom stereocenters. The van der Waals surface area contributed by atoms with Crippen molar-refractivity contribution in [2.45, 2.75) is 117 Å². The first-order valence-electron chi connectivity index (χ1n) is 11.2. The van der Waals surface area contributed by atoms with Gasteiger partial charge < -0.3 is 5.11 Å². The molecule has 0 bridgehead atoms. The minimum Gasteiger partial charge on any atom is -0.393 e. The first-order valence-corrected chi connectivity index (χ1v) is 13.9. The first-order chi connectivity index (χ1) is 12.7. The van der Waals surface area contributed by atoms with E-state index in [9.17, 15) is 13.5 Å². The average molecular weight is 425 g/mol. The zero-order chi connectivity index (χ0) is 20.7. The fourth-order valence-electron chi connectivity index (χ4n) is 4.13. The molecule has 1 N–H and O–H groups in total. The molecule has 27 heavy (non-hydrogen) atoms. The normalized spacial score (nSPS) is 21.3. The van der Waals surface area contributed by atoms with Gasteiger partial charge in [-0.3, -0.25) is 0 Å². The highest BCUT2D eigenvalue weighted by Gasteiger charge is 2.16. The molecule has 2 fully saturated rings. The second-order valence-corrected chi connectivity index (χ2v) is 11.8. The molecule has 2 unspecified atom stereocenters. The van der Waals surface area contributed by atoms with Crippen molar-refractivity contribution in [2.24, 2.45) is 17.8 Å². The van der Waals surface area contributed by atoms with Crippen LogP contribution in [0.2, 0.25) is 0 Å². The van der Waals surface area contributed by atoms with Crippen molar-refractivity contribution in [3.8, 4) is 0 Å². The van der Waals surface area contributed by atoms with Crippen LogP contribution in [0.3, 0.4) is 0 Å². The van der Waals surface area contributed by atoms with Crippen molar-refractivity contribution in [3.05, 3.63) is 0 Å². The molecular weight excluding hydrogens is 380 g/mol. The predicted octanol–water partition coefficient (Wildman–Crippen LogP) is 6.92. The van der Waals surface area contributed by atoms with Crippen LogP contribution >= 0.6 is 10.7 Å². The summed E-state index contributed by atoms with van der Waals surface area (Å²) in [6.07, 6.45) is 20.2. The third kappa shape index (κ3) is 19.3. The van der Waals surface area contributed by atoms with Crippen LogP contribution in [0.25, 0.3) is 0 Å². The van der Waals surface area contributed by atoms with Crippen LogP contribution in [0.4, 0.5) is 0 Å². The summed E-state index contributed by atoms with van der Waals surface area (Å²) < 4.78 is 18.8. The third-order valence-corrected chi connectivity index (χ3v) is 5.96. The molecule has 0 spiro atoms. The molecule has 164 valence electrons. The topological polar surface area (TPSA) is 54.4 Å². The quantitative estimate of drug-likeness (QED) is 0.471. The van der Waals surface area contributed by atoms with Gasteiger partial charge in [0.05, 0.1) is 12.4 Å². The Morgan fingerprint density at radius 2 is 1.22 bits per heavy atom. The van der Waals surface area contributed by atoms with E-state index in [0.717, 1.165) is 36.9 Å². The number of aliphatic hydroxyl groups is 1. The summed E-state index contributed by atoms with van der Waals surface area (Å²) in [7, 11) is 1.31. The van der Waals surface area contributed by atoms with Crippen molar-refractivity contribution in [2.75, 3.05) is 6.26 Å². The van der Waals surface area contributed by atoms with Crippen LogP contribution in [-0.2, 0) is 9.05 Å². The summed E-state index contributed by atoms with van der Waals surface area (Å²) in [6, 6.07) is 0. The van der Waals surface area contributed by atoms with Gasteiger partial charge in [-0.05, 0) is 37.0 Å². The maximum absolute atomic E-state index is 9.41. The molecule has 5 heteroatoms. The Hall–Kier alpha value is 0.200. The molecule has 2 rings (SSSR count). The minimum atomic E-state index is -3.19. The van der Waals surface area contributed by atoms with Gasteiger partial charge in [-0.25, -0.2) is 8.42 Å². The number of halogens is 1. The highest BCUT2D eigenvalue weighted by Crippen LogP contribution is 2.29. The standard InChI is InChI=1S/C11H22.C10H20O.CH3ClO2S/c1-3-10(2)9-11-7-5-4-6-8-11;1-2-10(11)8-9-6-4-3-5-7-9;1-5(2,3)4/h10-11H,3-9H2,1-2H3;9-11H,2-8H2,1H3;1H3. The minimum absolute atomic E-state index is 0.0295. The fraction of sp³-hybridized carbons (Fsp3) is 1.00. The fourth-order valence-corrected chi connectivity index (χ4v) is 4.13. The van der Waals surface area contributed by atoms with Crippen LogP contribution in [0.15, 0.2) is 0 Å². The molecule has 0 aliphatic heterocycles. The van der Waals surface area contributed by atoms with Crippen molar-refractivity contribution >= 4 is 19.7 Å². The van der Waals surface area contributed by atoms with Gasteiger partial charge in [-0.1, -0.05) is 91.4 Å². The van der Waals surface area contributed by atoms with E-state index >= 15 is 0 Å². The monoisotopic (exact) mass is 424 g/mol. The smallest absolute Gasteiger partial charge is 0.229 e. The lowest BCUT2D eigenvalue weighted by Crippen LogP contribution is -2.14. The Morgan fingerprint density at radius 3 is 1.56 bits per heavy atom. The first kappa shape index (κ1) is 27.2. The van der Waals surface area contributed by atoms with Crippen molar-refractivity contribution in [1.29, 1.82) is 0 Å². The summed E-state index contributed by atoms with van der Waals surface area (Å²) in [5.41, 5.74) is 0. The van der Waals surface area contributed by atoms with E-state index in [4.69, 9.17) is 0 Å². The molecule has 3 nitrogen and oxygen atoms in total. The highest BCUT2D eigenvalue weighted by molar-refractivity contribution is 8.13. The van der Waals surface area contributed by atoms with Gasteiger partial charge in [0, 0.05) is 10.7 Å². The van der Waals surface area contributed by atoms with E-state index in [1.807, 2.05) is 0 Å². The third-order valence-electron chi connectivity index (χ3n) is 5.96. The van der Waals surface area contributed by atoms with Crippen LogP contribution in [0, 0.1) is 17.8 Å². The molecule has 0 aromatic carbocycles. The summed E-state index contributed by atoms with van der Waals surface area (Å²) in [6.45, 7) is 6.77. The summed E-state index contributed by atoms with van der Waals surface area (Å²) in [4.78, 5) is 0. The number of hydrogen-bond donors (Lipinski definition) is 1. The molecule has 2 aliphatic carbocycles. The van der Waals surface area contributed by atoms with Crippen LogP contribution < -0.4 is 0 Å². The van der Waals surface area contributed by atoms with Gasteiger partial charge in [0.1, 0.15) is 0 Å². The van der Waals surface area contributed by atoms with Gasteiger partial charge in [-0.2, -0.15) is 0 Å². The van der Waals surface area contributed by atoms with Crippen molar-refractivity contribution < 1.29 is 13.5 Å². The Labute approximate surface area is 174 Å². The SMILES string of the molecule is CCC(C)CC1CCCCC1.CCC(O)CC1CCCCC1.CS(=O)(=O)Cl. The van der Waals surface area contributed by atoms with Crippen LogP contribution in [0.5, 0.6) is 0 Å². The average Bonchev–Trinajstić information content (AvgIpc) is 2.62. The maximum Gasteiger partial charge on any atom is 0.229 e. The Kier molecular flexibility index (Phi) is 16.2. The summed E-state index contributed by atoms with van der Waals surface area (Å²) >= 11 is 0. The molecule has 2 saturated carbocycles. The van der Waals surface area contributed by atoms with Gasteiger partial charge in [0.25, 0.3) is 0 Å². The Bertz CT molecular complexity index is 393. The number of rotatable bonds is 6. The van der Waals surface area contributed by atoms with Gasteiger partial charge in [0.15, 0.2) is 0 Å². The van der Waals surface area contributed by atoms with E-state index in [0.29, 0.717) is 0 Å². The Balaban J connectivity index is 0.000000405. The van der Waals surface area contributed by atoms with E-state index < -0.39 is 9.05 Å². The maximum atomic E-state index is 9.41. The molecule has 2 aliphatic rings. The van der Waals surface area contributed by atoms with E-state index in [1.54, 1.807) is 0 Å². The lowest BCUT2D eigenvalue weighted by Gasteiger charge is -2.23. The summed E-state index contributed by atoms with van der Waals surface area (Å²) in [5.74, 6) is 2.88. The molecule has 0 aromatic rings. The number of aliphatic hydroxyl groups excluding tert-OH is 1. The predicted molar refractivity (Wildman–Crippen MR) is 119 cm³/mol. The van der Waals surface area contributed by atoms with E-state index in [-0.39, 0.29) is 6.10 Å². The molecule has 0 saturated heterocycles. The van der Waals surface area contributed by atoms with Crippen molar-refractivity contribution in [3.63, 3.8) is 0 Å². The molecule has 0 amide bonds.